The van der Waals surface area contributed by atoms with Crippen LogP contribution in [-0.2, 0) is 0 Å². The molecule has 0 bridgehead atoms. The highest BCUT2D eigenvalue weighted by Gasteiger charge is 2.33. The van der Waals surface area contributed by atoms with Gasteiger partial charge in [-0.25, -0.2) is 8.78 Å². The SMILES string of the molecule is N[C@@H]1CN(C(=O)c2ccccc2F)CC1F. The number of amides is 1. The summed E-state index contributed by atoms with van der Waals surface area (Å²) in [6, 6.07) is 4.99. The minimum atomic E-state index is -1.23. The lowest BCUT2D eigenvalue weighted by Crippen LogP contribution is -2.32. The van der Waals surface area contributed by atoms with Crippen molar-refractivity contribution in [3.05, 3.63) is 35.6 Å². The van der Waals surface area contributed by atoms with Crippen LogP contribution in [0.2, 0.25) is 0 Å². The van der Waals surface area contributed by atoms with E-state index >= 15 is 0 Å². The maximum Gasteiger partial charge on any atom is 0.256 e. The average Bonchev–Trinajstić information content (AvgIpc) is 2.59. The quantitative estimate of drug-likeness (QED) is 0.774. The van der Waals surface area contributed by atoms with Gasteiger partial charge in [0, 0.05) is 6.54 Å². The fourth-order valence-corrected chi connectivity index (χ4v) is 1.76. The lowest BCUT2D eigenvalue weighted by molar-refractivity contribution is 0.0777. The van der Waals surface area contributed by atoms with Crippen LogP contribution in [0.25, 0.3) is 0 Å². The summed E-state index contributed by atoms with van der Waals surface area (Å²) >= 11 is 0. The van der Waals surface area contributed by atoms with Crippen molar-refractivity contribution in [1.29, 1.82) is 0 Å². The molecule has 1 aromatic carbocycles. The number of rotatable bonds is 1. The van der Waals surface area contributed by atoms with E-state index in [1.54, 1.807) is 6.07 Å². The number of benzene rings is 1. The molecule has 1 heterocycles. The van der Waals surface area contributed by atoms with E-state index in [-0.39, 0.29) is 18.7 Å². The van der Waals surface area contributed by atoms with Crippen molar-refractivity contribution >= 4 is 5.91 Å². The summed E-state index contributed by atoms with van der Waals surface area (Å²) in [5.41, 5.74) is 5.42. The molecular weight excluding hydrogens is 214 g/mol. The molecule has 0 spiro atoms. The van der Waals surface area contributed by atoms with Gasteiger partial charge in [-0.1, -0.05) is 12.1 Å². The summed E-state index contributed by atoms with van der Waals surface area (Å²) < 4.78 is 26.4. The first-order valence-electron chi connectivity index (χ1n) is 5.03. The zero-order valence-corrected chi connectivity index (χ0v) is 8.57. The largest absolute Gasteiger partial charge is 0.334 e. The van der Waals surface area contributed by atoms with Crippen molar-refractivity contribution < 1.29 is 13.6 Å². The molecule has 3 nitrogen and oxygen atoms in total. The highest BCUT2D eigenvalue weighted by Crippen LogP contribution is 2.16. The van der Waals surface area contributed by atoms with Gasteiger partial charge in [-0.3, -0.25) is 4.79 Å². The Morgan fingerprint density at radius 3 is 2.62 bits per heavy atom. The summed E-state index contributed by atoms with van der Waals surface area (Å²) in [7, 11) is 0. The summed E-state index contributed by atoms with van der Waals surface area (Å²) in [6.45, 7) is 0.0721. The molecule has 86 valence electrons. The number of nitrogens with two attached hydrogens (primary N) is 1. The van der Waals surface area contributed by atoms with E-state index < -0.39 is 23.9 Å². The van der Waals surface area contributed by atoms with Crippen LogP contribution >= 0.6 is 0 Å². The van der Waals surface area contributed by atoms with Crippen LogP contribution in [0, 0.1) is 5.82 Å². The summed E-state index contributed by atoms with van der Waals surface area (Å²) in [6.07, 6.45) is -1.23. The van der Waals surface area contributed by atoms with Gasteiger partial charge in [0.15, 0.2) is 0 Å². The second kappa shape index (κ2) is 4.17. The van der Waals surface area contributed by atoms with Crippen molar-refractivity contribution in [3.8, 4) is 0 Å². The van der Waals surface area contributed by atoms with E-state index in [1.165, 1.54) is 23.1 Å². The van der Waals surface area contributed by atoms with Gasteiger partial charge in [-0.15, -0.1) is 0 Å². The highest BCUT2D eigenvalue weighted by atomic mass is 19.1. The molecule has 1 saturated heterocycles. The average molecular weight is 226 g/mol. The van der Waals surface area contributed by atoms with Gasteiger partial charge >= 0.3 is 0 Å². The molecule has 16 heavy (non-hydrogen) atoms. The second-order valence-electron chi connectivity index (χ2n) is 3.87. The molecule has 2 N–H and O–H groups in total. The Morgan fingerprint density at radius 2 is 2.06 bits per heavy atom. The summed E-state index contributed by atoms with van der Waals surface area (Å²) in [5.74, 6) is -1.10. The lowest BCUT2D eigenvalue weighted by atomic mass is 10.2. The smallest absolute Gasteiger partial charge is 0.256 e. The van der Waals surface area contributed by atoms with Gasteiger partial charge in [-0.2, -0.15) is 0 Å². The van der Waals surface area contributed by atoms with Crippen LogP contribution in [0.5, 0.6) is 0 Å². The zero-order valence-electron chi connectivity index (χ0n) is 8.57. The Bertz CT molecular complexity index is 401. The first-order chi connectivity index (χ1) is 7.59. The van der Waals surface area contributed by atoms with E-state index in [4.69, 9.17) is 5.73 Å². The van der Waals surface area contributed by atoms with Crippen LogP contribution < -0.4 is 5.73 Å². The number of halogens is 2. The molecule has 1 aliphatic heterocycles. The van der Waals surface area contributed by atoms with Crippen molar-refractivity contribution in [2.24, 2.45) is 5.73 Å². The first kappa shape index (κ1) is 11.0. The number of hydrogen-bond donors (Lipinski definition) is 1. The fourth-order valence-electron chi connectivity index (χ4n) is 1.76. The Labute approximate surface area is 91.8 Å². The third kappa shape index (κ3) is 1.90. The molecular formula is C11H12F2N2O. The van der Waals surface area contributed by atoms with E-state index in [1.807, 2.05) is 0 Å². The fraction of sp³-hybridized carbons (Fsp3) is 0.364. The van der Waals surface area contributed by atoms with Gasteiger partial charge in [0.2, 0.25) is 0 Å². The molecule has 5 heteroatoms. The second-order valence-corrected chi connectivity index (χ2v) is 3.87. The summed E-state index contributed by atoms with van der Waals surface area (Å²) in [5, 5.41) is 0. The van der Waals surface area contributed by atoms with Crippen molar-refractivity contribution in [3.63, 3.8) is 0 Å². The molecule has 0 radical (unpaired) electrons. The van der Waals surface area contributed by atoms with E-state index in [0.29, 0.717) is 0 Å². The van der Waals surface area contributed by atoms with Crippen LogP contribution in [0.4, 0.5) is 8.78 Å². The Kier molecular flexibility index (Phi) is 2.87. The number of hydrogen-bond acceptors (Lipinski definition) is 2. The molecule has 0 aromatic heterocycles. The van der Waals surface area contributed by atoms with Gasteiger partial charge in [0.05, 0.1) is 18.2 Å². The first-order valence-corrected chi connectivity index (χ1v) is 5.03. The number of alkyl halides is 1. The molecule has 1 fully saturated rings. The maximum atomic E-state index is 13.3. The monoisotopic (exact) mass is 226 g/mol. The van der Waals surface area contributed by atoms with E-state index in [0.717, 1.165) is 0 Å². The van der Waals surface area contributed by atoms with E-state index in [9.17, 15) is 13.6 Å². The number of carbonyl (C=O) groups is 1. The Balaban J connectivity index is 2.18. The van der Waals surface area contributed by atoms with Gasteiger partial charge in [0.1, 0.15) is 12.0 Å². The topological polar surface area (TPSA) is 46.3 Å². The lowest BCUT2D eigenvalue weighted by Gasteiger charge is -2.15. The van der Waals surface area contributed by atoms with Crippen LogP contribution in [0.3, 0.4) is 0 Å². The Hall–Kier alpha value is -1.49. The van der Waals surface area contributed by atoms with Gasteiger partial charge in [-0.05, 0) is 12.1 Å². The van der Waals surface area contributed by atoms with Crippen LogP contribution in [0.15, 0.2) is 24.3 Å². The standard InChI is InChI=1S/C11H12F2N2O/c12-8-4-2-1-3-7(8)11(16)15-5-9(13)10(14)6-15/h1-4,9-10H,5-6,14H2/t9?,10-/m1/s1. The maximum absolute atomic E-state index is 13.3. The zero-order chi connectivity index (χ0) is 11.7. The van der Waals surface area contributed by atoms with Crippen LogP contribution in [0.1, 0.15) is 10.4 Å². The molecule has 1 aromatic rings. The molecule has 0 saturated carbocycles. The minimum Gasteiger partial charge on any atom is -0.334 e. The number of likely N-dealkylation sites (tertiary alicyclic amines) is 1. The van der Waals surface area contributed by atoms with Gasteiger partial charge < -0.3 is 10.6 Å². The van der Waals surface area contributed by atoms with E-state index in [2.05, 4.69) is 0 Å². The third-order valence-corrected chi connectivity index (χ3v) is 2.68. The Morgan fingerprint density at radius 1 is 1.38 bits per heavy atom. The molecule has 2 atom stereocenters. The molecule has 1 aliphatic rings. The van der Waals surface area contributed by atoms with Crippen LogP contribution in [-0.4, -0.2) is 36.1 Å². The molecule has 1 unspecified atom stereocenters. The third-order valence-electron chi connectivity index (χ3n) is 2.68. The molecule has 1 amide bonds. The summed E-state index contributed by atoms with van der Waals surface area (Å²) in [4.78, 5) is 13.1. The van der Waals surface area contributed by atoms with Crippen molar-refractivity contribution in [2.75, 3.05) is 13.1 Å². The number of nitrogens with zero attached hydrogens (tertiary/aromatic N) is 1. The predicted octanol–water partition coefficient (Wildman–Crippen LogP) is 0.947. The molecule has 0 aliphatic carbocycles. The predicted molar refractivity (Wildman–Crippen MR) is 55.2 cm³/mol. The number of carbonyl (C=O) groups excluding carboxylic acids is 1. The van der Waals surface area contributed by atoms with Crippen molar-refractivity contribution in [1.82, 2.24) is 4.90 Å². The van der Waals surface area contributed by atoms with Crippen molar-refractivity contribution in [2.45, 2.75) is 12.2 Å². The molecule has 2 rings (SSSR count). The van der Waals surface area contributed by atoms with Gasteiger partial charge in [0.25, 0.3) is 5.91 Å². The highest BCUT2D eigenvalue weighted by molar-refractivity contribution is 5.94. The minimum absolute atomic E-state index is 0.0381. The normalized spacial score (nSPS) is 24.8.